The summed E-state index contributed by atoms with van der Waals surface area (Å²) in [6.07, 6.45) is 0.991. The first-order chi connectivity index (χ1) is 8.27. The molecule has 4 nitrogen and oxygen atoms in total. The van der Waals surface area contributed by atoms with Gasteiger partial charge < -0.3 is 10.6 Å². The van der Waals surface area contributed by atoms with E-state index in [4.69, 9.17) is 0 Å². The Balaban J connectivity index is 1.97. The van der Waals surface area contributed by atoms with Crippen molar-refractivity contribution in [2.45, 2.75) is 19.4 Å². The second-order valence-corrected chi connectivity index (χ2v) is 4.12. The first kappa shape index (κ1) is 11.6. The summed E-state index contributed by atoms with van der Waals surface area (Å²) in [4.78, 5) is 16.0. The summed E-state index contributed by atoms with van der Waals surface area (Å²) >= 11 is 0. The number of benzene rings is 1. The minimum absolute atomic E-state index is 0.00451. The van der Waals surface area contributed by atoms with Crippen molar-refractivity contribution in [2.24, 2.45) is 4.99 Å². The quantitative estimate of drug-likeness (QED) is 0.822. The van der Waals surface area contributed by atoms with Crippen LogP contribution in [0.4, 0.5) is 0 Å². The number of hydrogen-bond donors (Lipinski definition) is 2. The molecule has 4 heteroatoms. The molecule has 1 aromatic rings. The molecule has 1 heterocycles. The molecular weight excluding hydrogens is 214 g/mol. The molecule has 1 aliphatic heterocycles. The molecule has 17 heavy (non-hydrogen) atoms. The average molecular weight is 231 g/mol. The number of hydrogen-bond acceptors (Lipinski definition) is 3. The number of carbonyl (C=O) groups excluding carboxylic acids is 1. The zero-order chi connectivity index (χ0) is 12.1. The van der Waals surface area contributed by atoms with Gasteiger partial charge in [-0.05, 0) is 18.9 Å². The number of aliphatic imine (C=N–C) groups is 1. The summed E-state index contributed by atoms with van der Waals surface area (Å²) in [5.41, 5.74) is 1.09. The molecule has 0 fully saturated rings. The van der Waals surface area contributed by atoms with E-state index in [0.717, 1.165) is 25.1 Å². The molecule has 0 aromatic heterocycles. The molecule has 0 saturated carbocycles. The van der Waals surface area contributed by atoms with Gasteiger partial charge >= 0.3 is 0 Å². The van der Waals surface area contributed by atoms with Crippen LogP contribution in [0, 0.1) is 0 Å². The van der Waals surface area contributed by atoms with Gasteiger partial charge in [0.2, 0.25) is 0 Å². The summed E-state index contributed by atoms with van der Waals surface area (Å²) < 4.78 is 0. The van der Waals surface area contributed by atoms with Gasteiger partial charge in [-0.15, -0.1) is 0 Å². The Morgan fingerprint density at radius 1 is 1.41 bits per heavy atom. The third kappa shape index (κ3) is 3.06. The van der Waals surface area contributed by atoms with E-state index in [-0.39, 0.29) is 11.9 Å². The Bertz CT molecular complexity index is 414. The van der Waals surface area contributed by atoms with Gasteiger partial charge in [-0.1, -0.05) is 30.3 Å². The van der Waals surface area contributed by atoms with Crippen molar-refractivity contribution in [3.05, 3.63) is 35.9 Å². The largest absolute Gasteiger partial charge is 0.366 e. The number of nitrogens with one attached hydrogen (secondary N) is 2. The molecule has 0 saturated heterocycles. The highest BCUT2D eigenvalue weighted by Gasteiger charge is 2.16. The van der Waals surface area contributed by atoms with Crippen LogP contribution in [0.15, 0.2) is 35.3 Å². The monoisotopic (exact) mass is 231 g/mol. The molecule has 0 aliphatic carbocycles. The van der Waals surface area contributed by atoms with Gasteiger partial charge in [-0.3, -0.25) is 9.79 Å². The predicted molar refractivity (Wildman–Crippen MR) is 67.9 cm³/mol. The number of amides is 1. The standard InChI is InChI=1S/C13H17N3O/c1-10(11-6-3-2-4-7-11)16-13(17)12-14-8-5-9-15-12/h2-4,6-7,10H,5,8-9H2,1H3,(H,14,15)(H,16,17). The van der Waals surface area contributed by atoms with E-state index in [1.54, 1.807) is 0 Å². The van der Waals surface area contributed by atoms with Crippen LogP contribution in [-0.4, -0.2) is 24.8 Å². The van der Waals surface area contributed by atoms with E-state index in [1.165, 1.54) is 0 Å². The smallest absolute Gasteiger partial charge is 0.286 e. The van der Waals surface area contributed by atoms with Crippen LogP contribution in [0.1, 0.15) is 24.9 Å². The molecule has 1 aliphatic rings. The Hall–Kier alpha value is -1.84. The van der Waals surface area contributed by atoms with Crippen LogP contribution in [0.25, 0.3) is 0 Å². The maximum atomic E-state index is 11.9. The van der Waals surface area contributed by atoms with Crippen molar-refractivity contribution < 1.29 is 4.79 Å². The SMILES string of the molecule is CC(NC(=O)C1=NCCCN1)c1ccccc1. The Kier molecular flexibility index (Phi) is 3.75. The molecule has 2 N–H and O–H groups in total. The number of carbonyl (C=O) groups is 1. The zero-order valence-corrected chi connectivity index (χ0v) is 9.94. The highest BCUT2D eigenvalue weighted by molar-refractivity contribution is 6.38. The normalized spacial score (nSPS) is 16.6. The molecule has 0 bridgehead atoms. The van der Waals surface area contributed by atoms with Gasteiger partial charge in [0.25, 0.3) is 5.91 Å². The summed E-state index contributed by atoms with van der Waals surface area (Å²) in [6, 6.07) is 9.89. The highest BCUT2D eigenvalue weighted by Crippen LogP contribution is 2.10. The third-order valence-corrected chi connectivity index (χ3v) is 2.76. The topological polar surface area (TPSA) is 53.5 Å². The van der Waals surface area contributed by atoms with Crippen LogP contribution >= 0.6 is 0 Å². The Morgan fingerprint density at radius 3 is 2.82 bits per heavy atom. The number of rotatable bonds is 3. The van der Waals surface area contributed by atoms with Gasteiger partial charge in [0.05, 0.1) is 6.04 Å². The minimum atomic E-state index is -0.124. The summed E-state index contributed by atoms with van der Waals surface area (Å²) in [7, 11) is 0. The highest BCUT2D eigenvalue weighted by atomic mass is 16.2. The van der Waals surface area contributed by atoms with Crippen LogP contribution in [-0.2, 0) is 4.79 Å². The van der Waals surface area contributed by atoms with Gasteiger partial charge in [-0.2, -0.15) is 0 Å². The lowest BCUT2D eigenvalue weighted by Crippen LogP contribution is -2.43. The number of nitrogens with zero attached hydrogens (tertiary/aromatic N) is 1. The van der Waals surface area contributed by atoms with E-state index in [9.17, 15) is 4.79 Å². The summed E-state index contributed by atoms with van der Waals surface area (Å²) in [5.74, 6) is 0.333. The lowest BCUT2D eigenvalue weighted by atomic mass is 10.1. The van der Waals surface area contributed by atoms with Crippen molar-refractivity contribution in [1.82, 2.24) is 10.6 Å². The van der Waals surface area contributed by atoms with E-state index in [0.29, 0.717) is 5.84 Å². The first-order valence-corrected chi connectivity index (χ1v) is 5.91. The van der Waals surface area contributed by atoms with E-state index >= 15 is 0 Å². The molecule has 0 spiro atoms. The van der Waals surface area contributed by atoms with E-state index in [2.05, 4.69) is 15.6 Å². The first-order valence-electron chi connectivity index (χ1n) is 5.91. The lowest BCUT2D eigenvalue weighted by Gasteiger charge is -2.18. The summed E-state index contributed by atoms with van der Waals surface area (Å²) in [6.45, 7) is 3.53. The third-order valence-electron chi connectivity index (χ3n) is 2.76. The van der Waals surface area contributed by atoms with Crippen LogP contribution < -0.4 is 10.6 Å². The van der Waals surface area contributed by atoms with Crippen LogP contribution in [0.3, 0.4) is 0 Å². The van der Waals surface area contributed by atoms with E-state index < -0.39 is 0 Å². The Morgan fingerprint density at radius 2 is 2.18 bits per heavy atom. The fourth-order valence-corrected chi connectivity index (χ4v) is 1.77. The molecular formula is C13H17N3O. The summed E-state index contributed by atoms with van der Waals surface area (Å²) in [5, 5.41) is 5.95. The molecule has 1 atom stereocenters. The second kappa shape index (κ2) is 5.48. The van der Waals surface area contributed by atoms with E-state index in [1.807, 2.05) is 37.3 Å². The molecule has 1 unspecified atom stereocenters. The zero-order valence-electron chi connectivity index (χ0n) is 9.94. The van der Waals surface area contributed by atoms with Crippen molar-refractivity contribution in [1.29, 1.82) is 0 Å². The van der Waals surface area contributed by atoms with Gasteiger partial charge in [0.15, 0.2) is 5.84 Å². The Labute approximate surface area is 101 Å². The van der Waals surface area contributed by atoms with Crippen molar-refractivity contribution in [2.75, 3.05) is 13.1 Å². The van der Waals surface area contributed by atoms with Gasteiger partial charge in [0, 0.05) is 13.1 Å². The average Bonchev–Trinajstić information content (AvgIpc) is 2.40. The van der Waals surface area contributed by atoms with Crippen molar-refractivity contribution in [3.63, 3.8) is 0 Å². The second-order valence-electron chi connectivity index (χ2n) is 4.12. The molecule has 1 aromatic carbocycles. The molecule has 0 radical (unpaired) electrons. The minimum Gasteiger partial charge on any atom is -0.366 e. The maximum absolute atomic E-state index is 11.9. The van der Waals surface area contributed by atoms with Gasteiger partial charge in [0.1, 0.15) is 0 Å². The predicted octanol–water partition coefficient (Wildman–Crippen LogP) is 1.26. The molecule has 1 amide bonds. The van der Waals surface area contributed by atoms with Gasteiger partial charge in [-0.25, -0.2) is 0 Å². The fourth-order valence-electron chi connectivity index (χ4n) is 1.77. The maximum Gasteiger partial charge on any atom is 0.286 e. The number of amidine groups is 1. The van der Waals surface area contributed by atoms with Crippen LogP contribution in [0.5, 0.6) is 0 Å². The van der Waals surface area contributed by atoms with Crippen molar-refractivity contribution in [3.8, 4) is 0 Å². The molecule has 90 valence electrons. The van der Waals surface area contributed by atoms with Crippen molar-refractivity contribution >= 4 is 11.7 Å². The fraction of sp³-hybridized carbons (Fsp3) is 0.385. The van der Waals surface area contributed by atoms with Crippen LogP contribution in [0.2, 0.25) is 0 Å². The molecule has 2 rings (SSSR count). The lowest BCUT2D eigenvalue weighted by molar-refractivity contribution is -0.115.